The lowest BCUT2D eigenvalue weighted by Gasteiger charge is -2.51. The zero-order chi connectivity index (χ0) is 18.3. The number of carbonyl (C=O) groups is 1. The van der Waals surface area contributed by atoms with Crippen LogP contribution in [-0.2, 0) is 11.2 Å². The summed E-state index contributed by atoms with van der Waals surface area (Å²) in [6, 6.07) is 5.12. The molecule has 4 heteroatoms. The summed E-state index contributed by atoms with van der Waals surface area (Å²) < 4.78 is 0. The number of hydrogen-bond acceptors (Lipinski definition) is 3. The molecular formula is C22H33N3O. The molecule has 0 aromatic heterocycles. The van der Waals surface area contributed by atoms with Crippen molar-refractivity contribution in [1.29, 1.82) is 0 Å². The SMILES string of the molecule is Cc1cc(C)c(CC(=O)N2CCN([C@@H]3CN4CCC3CC4)CC2)c(C)c1. The summed E-state index contributed by atoms with van der Waals surface area (Å²) in [5, 5.41) is 0. The highest BCUT2D eigenvalue weighted by molar-refractivity contribution is 5.79. The number of piperazine rings is 1. The molecule has 0 saturated carbocycles. The summed E-state index contributed by atoms with van der Waals surface area (Å²) >= 11 is 0. The topological polar surface area (TPSA) is 26.8 Å². The lowest BCUT2D eigenvalue weighted by molar-refractivity contribution is -0.133. The molecule has 0 unspecified atom stereocenters. The van der Waals surface area contributed by atoms with E-state index in [0.29, 0.717) is 12.3 Å². The van der Waals surface area contributed by atoms with Crippen molar-refractivity contribution in [3.05, 3.63) is 34.4 Å². The molecule has 4 nitrogen and oxygen atoms in total. The lowest BCUT2D eigenvalue weighted by Crippen LogP contribution is -2.61. The van der Waals surface area contributed by atoms with Crippen molar-refractivity contribution in [2.24, 2.45) is 5.92 Å². The van der Waals surface area contributed by atoms with Gasteiger partial charge in [0, 0.05) is 38.8 Å². The summed E-state index contributed by atoms with van der Waals surface area (Å²) in [6.45, 7) is 14.1. The Morgan fingerprint density at radius 3 is 2.12 bits per heavy atom. The van der Waals surface area contributed by atoms with Gasteiger partial charge in [-0.3, -0.25) is 9.69 Å². The third-order valence-electron chi connectivity index (χ3n) is 6.93. The zero-order valence-corrected chi connectivity index (χ0v) is 16.6. The second kappa shape index (κ2) is 7.32. The average molecular weight is 356 g/mol. The van der Waals surface area contributed by atoms with E-state index in [9.17, 15) is 4.79 Å². The number of hydrogen-bond donors (Lipinski definition) is 0. The Hall–Kier alpha value is -1.39. The van der Waals surface area contributed by atoms with Gasteiger partial charge in [-0.05, 0) is 69.3 Å². The van der Waals surface area contributed by atoms with Crippen LogP contribution in [0.4, 0.5) is 0 Å². The molecule has 4 aliphatic heterocycles. The van der Waals surface area contributed by atoms with Crippen LogP contribution in [0, 0.1) is 26.7 Å². The minimum absolute atomic E-state index is 0.300. The molecule has 26 heavy (non-hydrogen) atoms. The number of nitrogens with zero attached hydrogens (tertiary/aromatic N) is 3. The van der Waals surface area contributed by atoms with Crippen molar-refractivity contribution in [3.63, 3.8) is 0 Å². The normalized spacial score (nSPS) is 29.2. The molecule has 1 amide bonds. The van der Waals surface area contributed by atoms with Gasteiger partial charge in [0.05, 0.1) is 6.42 Å². The van der Waals surface area contributed by atoms with Gasteiger partial charge in [-0.2, -0.15) is 0 Å². The van der Waals surface area contributed by atoms with Gasteiger partial charge >= 0.3 is 0 Å². The number of fused-ring (bicyclic) bond motifs is 3. The van der Waals surface area contributed by atoms with E-state index in [1.54, 1.807) is 0 Å². The highest BCUT2D eigenvalue weighted by atomic mass is 16.2. The summed E-state index contributed by atoms with van der Waals surface area (Å²) in [6.07, 6.45) is 3.29. The third kappa shape index (κ3) is 3.54. The maximum Gasteiger partial charge on any atom is 0.227 e. The van der Waals surface area contributed by atoms with Gasteiger partial charge in [0.25, 0.3) is 0 Å². The number of amides is 1. The van der Waals surface area contributed by atoms with Crippen molar-refractivity contribution in [2.75, 3.05) is 45.8 Å². The summed E-state index contributed by atoms with van der Waals surface area (Å²) in [5.74, 6) is 1.19. The second-order valence-corrected chi connectivity index (χ2v) is 8.68. The van der Waals surface area contributed by atoms with Crippen LogP contribution in [0.5, 0.6) is 0 Å². The first-order chi connectivity index (χ1) is 12.5. The first-order valence-corrected chi connectivity index (χ1v) is 10.3. The van der Waals surface area contributed by atoms with E-state index in [0.717, 1.165) is 38.1 Å². The Morgan fingerprint density at radius 2 is 1.58 bits per heavy atom. The van der Waals surface area contributed by atoms with Crippen LogP contribution in [-0.4, -0.2) is 72.5 Å². The van der Waals surface area contributed by atoms with Crippen LogP contribution in [0.3, 0.4) is 0 Å². The number of rotatable bonds is 3. The van der Waals surface area contributed by atoms with Crippen molar-refractivity contribution in [3.8, 4) is 0 Å². The van der Waals surface area contributed by atoms with E-state index in [-0.39, 0.29) is 0 Å². The molecule has 0 spiro atoms. The minimum Gasteiger partial charge on any atom is -0.340 e. The summed E-state index contributed by atoms with van der Waals surface area (Å²) in [4.78, 5) is 20.3. The Bertz CT molecular complexity index is 647. The van der Waals surface area contributed by atoms with Crippen molar-refractivity contribution >= 4 is 5.91 Å². The van der Waals surface area contributed by atoms with E-state index in [4.69, 9.17) is 0 Å². The van der Waals surface area contributed by atoms with Crippen LogP contribution >= 0.6 is 0 Å². The van der Waals surface area contributed by atoms with Crippen LogP contribution in [0.1, 0.15) is 35.1 Å². The van der Waals surface area contributed by atoms with E-state index >= 15 is 0 Å². The fraction of sp³-hybridized carbons (Fsp3) is 0.682. The van der Waals surface area contributed by atoms with Crippen molar-refractivity contribution < 1.29 is 4.79 Å². The molecule has 142 valence electrons. The molecule has 1 aromatic carbocycles. The van der Waals surface area contributed by atoms with E-state index in [1.807, 2.05) is 0 Å². The Kier molecular flexibility index (Phi) is 5.07. The molecule has 1 aromatic rings. The quantitative estimate of drug-likeness (QED) is 0.833. The van der Waals surface area contributed by atoms with Crippen LogP contribution in [0.25, 0.3) is 0 Å². The summed E-state index contributed by atoms with van der Waals surface area (Å²) in [7, 11) is 0. The molecule has 2 bridgehead atoms. The first-order valence-electron chi connectivity index (χ1n) is 10.3. The molecule has 0 N–H and O–H groups in total. The Balaban J connectivity index is 1.34. The maximum atomic E-state index is 12.9. The molecule has 4 fully saturated rings. The predicted octanol–water partition coefficient (Wildman–Crippen LogP) is 2.39. The highest BCUT2D eigenvalue weighted by Crippen LogP contribution is 2.31. The van der Waals surface area contributed by atoms with Gasteiger partial charge < -0.3 is 9.80 Å². The van der Waals surface area contributed by atoms with Crippen LogP contribution in [0.15, 0.2) is 12.1 Å². The molecule has 4 saturated heterocycles. The number of carbonyl (C=O) groups excluding carboxylic acids is 1. The number of piperidine rings is 3. The molecule has 0 radical (unpaired) electrons. The van der Waals surface area contributed by atoms with Crippen LogP contribution < -0.4 is 0 Å². The van der Waals surface area contributed by atoms with Gasteiger partial charge in [0.1, 0.15) is 0 Å². The Morgan fingerprint density at radius 1 is 0.962 bits per heavy atom. The molecule has 4 heterocycles. The Labute approximate surface area is 158 Å². The maximum absolute atomic E-state index is 12.9. The van der Waals surface area contributed by atoms with Crippen LogP contribution in [0.2, 0.25) is 0 Å². The third-order valence-corrected chi connectivity index (χ3v) is 6.93. The van der Waals surface area contributed by atoms with E-state index in [1.165, 1.54) is 54.7 Å². The molecule has 1 atom stereocenters. The predicted molar refractivity (Wildman–Crippen MR) is 105 cm³/mol. The van der Waals surface area contributed by atoms with E-state index in [2.05, 4.69) is 47.6 Å². The highest BCUT2D eigenvalue weighted by Gasteiger charge is 2.38. The van der Waals surface area contributed by atoms with Gasteiger partial charge in [0.15, 0.2) is 0 Å². The minimum atomic E-state index is 0.300. The van der Waals surface area contributed by atoms with Gasteiger partial charge in [-0.1, -0.05) is 17.7 Å². The van der Waals surface area contributed by atoms with Gasteiger partial charge in [-0.15, -0.1) is 0 Å². The lowest BCUT2D eigenvalue weighted by atomic mass is 9.83. The summed E-state index contributed by atoms with van der Waals surface area (Å²) in [5.41, 5.74) is 5.01. The molecule has 0 aliphatic carbocycles. The fourth-order valence-electron chi connectivity index (χ4n) is 5.40. The monoisotopic (exact) mass is 355 g/mol. The van der Waals surface area contributed by atoms with E-state index < -0.39 is 0 Å². The zero-order valence-electron chi connectivity index (χ0n) is 16.6. The standard InChI is InChI=1S/C22H33N3O/c1-16-12-17(2)20(18(3)13-16)14-22(26)25-10-8-24(9-11-25)21-15-23-6-4-19(21)5-7-23/h12-13,19,21H,4-11,14-15H2,1-3H3/t21-/m1/s1. The van der Waals surface area contributed by atoms with Crippen molar-refractivity contribution in [2.45, 2.75) is 46.1 Å². The van der Waals surface area contributed by atoms with Gasteiger partial charge in [-0.25, -0.2) is 0 Å². The number of benzene rings is 1. The van der Waals surface area contributed by atoms with Gasteiger partial charge in [0.2, 0.25) is 5.91 Å². The van der Waals surface area contributed by atoms with Crippen molar-refractivity contribution in [1.82, 2.24) is 14.7 Å². The second-order valence-electron chi connectivity index (χ2n) is 8.68. The molecule has 5 rings (SSSR count). The molecule has 4 aliphatic rings. The largest absolute Gasteiger partial charge is 0.340 e. The smallest absolute Gasteiger partial charge is 0.227 e. The molecular weight excluding hydrogens is 322 g/mol. The fourth-order valence-corrected chi connectivity index (χ4v) is 5.40. The average Bonchev–Trinajstić information content (AvgIpc) is 2.65. The number of aryl methyl sites for hydroxylation is 3. The first kappa shape index (κ1) is 18.0.